The molecule has 3 aromatic heterocycles. The molecule has 0 bridgehead atoms. The number of halogens is 7. The fourth-order valence-corrected chi connectivity index (χ4v) is 8.83. The molecule has 4 amide bonds. The third-order valence-corrected chi connectivity index (χ3v) is 12.5. The zero-order chi connectivity index (χ0) is 50.5. The molecule has 4 N–H and O–H groups in total. The number of nitrogens with one attached hydrogen (secondary N) is 2. The number of alkyl halides is 3. The highest BCUT2D eigenvalue weighted by Crippen LogP contribution is 2.43. The van der Waals surface area contributed by atoms with Crippen LogP contribution < -0.4 is 15.4 Å². The van der Waals surface area contributed by atoms with Crippen molar-refractivity contribution in [1.29, 1.82) is 0 Å². The molecule has 370 valence electrons. The number of aryl methyl sites for hydroxylation is 1. The highest BCUT2D eigenvalue weighted by molar-refractivity contribution is 6.31. The summed E-state index contributed by atoms with van der Waals surface area (Å²) in [5.74, 6) is -4.23. The molecule has 71 heavy (non-hydrogen) atoms. The van der Waals surface area contributed by atoms with Gasteiger partial charge in [0.15, 0.2) is 5.82 Å². The largest absolute Gasteiger partial charge is 0.490 e. The summed E-state index contributed by atoms with van der Waals surface area (Å²) in [5.41, 5.74) is -0.579. The minimum atomic E-state index is -4.89. The first kappa shape index (κ1) is 49.0. The van der Waals surface area contributed by atoms with Gasteiger partial charge in [0, 0.05) is 34.8 Å². The average Bonchev–Trinajstić information content (AvgIpc) is 4.06. The number of carbonyl (C=O) groups is 4. The lowest BCUT2D eigenvalue weighted by atomic mass is 9.91. The molecule has 0 radical (unpaired) electrons. The summed E-state index contributed by atoms with van der Waals surface area (Å²) >= 11 is 11.9. The van der Waals surface area contributed by atoms with Crippen LogP contribution >= 0.6 is 23.2 Å². The molecule has 3 aliphatic heterocycles. The number of piperidine rings is 1. The fourth-order valence-electron chi connectivity index (χ4n) is 8.55. The number of hydrogen-bond donors (Lipinski definition) is 4. The van der Waals surface area contributed by atoms with Gasteiger partial charge in [0.05, 0.1) is 36.9 Å². The normalized spacial score (nSPS) is 21.3. The van der Waals surface area contributed by atoms with Crippen LogP contribution in [-0.2, 0) is 31.8 Å². The molecule has 0 spiro atoms. The monoisotopic (exact) mass is 1030 g/mol. The molecule has 0 aliphatic carbocycles. The highest BCUT2D eigenvalue weighted by atomic mass is 35.5. The molecular formula is C45H37Cl2F5N10O9. The quantitative estimate of drug-likeness (QED) is 0.0495. The van der Waals surface area contributed by atoms with E-state index in [4.69, 9.17) is 37.4 Å². The Labute approximate surface area is 407 Å². The van der Waals surface area contributed by atoms with Gasteiger partial charge in [0.1, 0.15) is 82.7 Å². The van der Waals surface area contributed by atoms with Crippen molar-refractivity contribution >= 4 is 52.5 Å². The summed E-state index contributed by atoms with van der Waals surface area (Å²) < 4.78 is 92.7. The van der Waals surface area contributed by atoms with Crippen molar-refractivity contribution in [3.05, 3.63) is 129 Å². The lowest BCUT2D eigenvalue weighted by Gasteiger charge is -2.43. The number of rotatable bonds is 13. The maximum Gasteiger partial charge on any atom is 0.418 e. The van der Waals surface area contributed by atoms with Gasteiger partial charge in [-0.3, -0.25) is 24.5 Å². The number of nitrogens with zero attached hydrogens (tertiary/aromatic N) is 8. The molecule has 2 unspecified atom stereocenters. The molecule has 2 fully saturated rings. The molecule has 6 aromatic rings. The van der Waals surface area contributed by atoms with Crippen molar-refractivity contribution in [2.75, 3.05) is 25.1 Å². The Morgan fingerprint density at radius 3 is 2.51 bits per heavy atom. The Hall–Kier alpha value is -6.96. The molecular weight excluding hydrogens is 990 g/mol. The summed E-state index contributed by atoms with van der Waals surface area (Å²) in [6.45, 7) is 0.122. The summed E-state index contributed by atoms with van der Waals surface area (Å²) in [6, 6.07) is 9.95. The van der Waals surface area contributed by atoms with Gasteiger partial charge in [-0.25, -0.2) is 28.1 Å². The predicted octanol–water partition coefficient (Wildman–Crippen LogP) is 5.34. The first-order chi connectivity index (χ1) is 33.9. The molecule has 19 nitrogen and oxygen atoms in total. The van der Waals surface area contributed by atoms with E-state index < -0.39 is 94.9 Å². The van der Waals surface area contributed by atoms with Crippen LogP contribution in [0.1, 0.15) is 68.6 Å². The number of pyridine rings is 1. The van der Waals surface area contributed by atoms with Crippen LogP contribution in [0.3, 0.4) is 0 Å². The van der Waals surface area contributed by atoms with Crippen molar-refractivity contribution in [3.8, 4) is 22.7 Å². The number of aliphatic hydroxyl groups excluding tert-OH is 2. The van der Waals surface area contributed by atoms with Crippen LogP contribution in [0.5, 0.6) is 5.75 Å². The van der Waals surface area contributed by atoms with E-state index >= 15 is 0 Å². The molecule has 3 aliphatic rings. The number of fused-ring (bicyclic) bond motifs is 1. The number of hydrogen-bond acceptors (Lipinski definition) is 14. The Morgan fingerprint density at radius 2 is 1.80 bits per heavy atom. The molecule has 6 atom stereocenters. The third kappa shape index (κ3) is 9.90. The van der Waals surface area contributed by atoms with E-state index in [1.54, 1.807) is 6.07 Å². The first-order valence-corrected chi connectivity index (χ1v) is 22.2. The van der Waals surface area contributed by atoms with Gasteiger partial charge in [0.2, 0.25) is 11.8 Å². The number of anilines is 1. The first-order valence-electron chi connectivity index (χ1n) is 21.5. The van der Waals surface area contributed by atoms with E-state index in [0.717, 1.165) is 39.7 Å². The fraction of sp³-hybridized carbons (Fsp3) is 0.311. The maximum absolute atomic E-state index is 14.5. The summed E-state index contributed by atoms with van der Waals surface area (Å²) in [5, 5.41) is 38.7. The van der Waals surface area contributed by atoms with Gasteiger partial charge in [-0.2, -0.15) is 18.3 Å². The number of amides is 4. The molecule has 2 saturated heterocycles. The van der Waals surface area contributed by atoms with Crippen molar-refractivity contribution in [1.82, 2.24) is 45.0 Å². The Morgan fingerprint density at radius 1 is 1.03 bits per heavy atom. The van der Waals surface area contributed by atoms with E-state index in [9.17, 15) is 51.3 Å². The van der Waals surface area contributed by atoms with Crippen LogP contribution in [0.25, 0.3) is 16.9 Å². The standard InChI is InChI=1S/C45H37Cl2F5N10O9/c1-20-54-41(62(58-20)33-15-23(46)2-6-27(33)45(50,51)52)40-39(37(38(65)34(19-63)71-40)61-18-31(57-59-61)21-13-28(48)36(47)29(49)14-21)70-11-10-69-25-4-7-30(53-16-25)42(66)55-24-3-5-26-22(12-24)17-60(44(26)68)32-8-9-35(64)56-43(32)67/h2-7,12-16,18,32,34,37-40,63,65H,8-11,17,19H2,1H3,(H,55,66)(H,56,64,67)/t32?,34-,37+,38?,39-,40-/m1/s1. The number of ether oxygens (including phenoxy) is 3. The van der Waals surface area contributed by atoms with E-state index in [-0.39, 0.29) is 77.9 Å². The van der Waals surface area contributed by atoms with Crippen molar-refractivity contribution in [3.63, 3.8) is 0 Å². The zero-order valence-electron chi connectivity index (χ0n) is 36.6. The maximum atomic E-state index is 14.5. The summed E-state index contributed by atoms with van der Waals surface area (Å²) in [4.78, 5) is 60.4. The van der Waals surface area contributed by atoms with Crippen LogP contribution in [0.4, 0.5) is 27.6 Å². The third-order valence-electron chi connectivity index (χ3n) is 11.9. The summed E-state index contributed by atoms with van der Waals surface area (Å²) in [7, 11) is 0. The minimum absolute atomic E-state index is 0.0106. The molecule has 9 rings (SSSR count). The Kier molecular flexibility index (Phi) is 13.6. The molecule has 0 saturated carbocycles. The summed E-state index contributed by atoms with van der Waals surface area (Å²) in [6.07, 6.45) is -8.22. The number of aromatic nitrogens is 7. The number of imide groups is 1. The van der Waals surface area contributed by atoms with Gasteiger partial charge in [-0.1, -0.05) is 28.4 Å². The second-order valence-electron chi connectivity index (χ2n) is 16.5. The van der Waals surface area contributed by atoms with Crippen molar-refractivity contribution in [2.45, 2.75) is 69.0 Å². The van der Waals surface area contributed by atoms with Gasteiger partial charge in [-0.05, 0) is 79.6 Å². The van der Waals surface area contributed by atoms with Gasteiger partial charge in [-0.15, -0.1) is 5.10 Å². The zero-order valence-corrected chi connectivity index (χ0v) is 38.1. The van der Waals surface area contributed by atoms with E-state index in [0.29, 0.717) is 16.8 Å². The topological polar surface area (TPSA) is 238 Å². The lowest BCUT2D eigenvalue weighted by Crippen LogP contribution is -2.54. The van der Waals surface area contributed by atoms with E-state index in [1.807, 2.05) is 0 Å². The van der Waals surface area contributed by atoms with Gasteiger partial charge >= 0.3 is 6.18 Å². The Balaban J connectivity index is 0.938. The van der Waals surface area contributed by atoms with Gasteiger partial charge < -0.3 is 34.6 Å². The van der Waals surface area contributed by atoms with E-state index in [1.165, 1.54) is 48.5 Å². The van der Waals surface area contributed by atoms with E-state index in [2.05, 4.69) is 36.0 Å². The SMILES string of the molecule is Cc1nc([C@@H]2O[C@H](CO)C(O)[C@H](n3cc(-c4cc(F)c(Cl)c(F)c4)nn3)[C@H]2OCCOc2ccc(C(=O)Nc3ccc4c(c3)CN(C3CCC(=O)NC3=O)C4=O)nc2)n(-c2cc(Cl)ccc2C(F)(F)F)n1. The average molecular weight is 1030 g/mol. The molecule has 6 heterocycles. The Bertz CT molecular complexity index is 3050. The van der Waals surface area contributed by atoms with Gasteiger partial charge in [0.25, 0.3) is 11.8 Å². The van der Waals surface area contributed by atoms with Crippen LogP contribution in [0.2, 0.25) is 10.0 Å². The lowest BCUT2D eigenvalue weighted by molar-refractivity contribution is -0.225. The number of aliphatic hydroxyl groups is 2. The molecule has 3 aromatic carbocycles. The number of benzene rings is 3. The second kappa shape index (κ2) is 19.7. The molecule has 26 heteroatoms. The van der Waals surface area contributed by atoms with Crippen molar-refractivity contribution in [2.24, 2.45) is 0 Å². The van der Waals surface area contributed by atoms with Crippen LogP contribution in [0, 0.1) is 18.6 Å². The minimum Gasteiger partial charge on any atom is -0.490 e. The highest BCUT2D eigenvalue weighted by Gasteiger charge is 2.50. The van der Waals surface area contributed by atoms with Crippen LogP contribution in [-0.4, -0.2) is 118 Å². The predicted molar refractivity (Wildman–Crippen MR) is 236 cm³/mol. The number of carbonyl (C=O) groups excluding carboxylic acids is 4. The van der Waals surface area contributed by atoms with Crippen molar-refractivity contribution < 1.29 is 65.6 Å². The smallest absolute Gasteiger partial charge is 0.418 e. The van der Waals surface area contributed by atoms with Crippen LogP contribution in [0.15, 0.2) is 73.1 Å². The second-order valence-corrected chi connectivity index (χ2v) is 17.3.